The number of carboxylic acid groups (broad SMARTS) is 1. The molecule has 2 aromatic heterocycles. The maximum absolute atomic E-state index is 13.7. The third kappa shape index (κ3) is 6.54. The molecule has 0 unspecified atom stereocenters. The van der Waals surface area contributed by atoms with Gasteiger partial charge in [-0.2, -0.15) is 18.3 Å². The topological polar surface area (TPSA) is 116 Å². The van der Waals surface area contributed by atoms with Crippen molar-refractivity contribution in [2.75, 3.05) is 19.6 Å². The number of nitrogens with zero attached hydrogens (tertiary/aromatic N) is 4. The molecule has 0 aliphatic carbocycles. The third-order valence-corrected chi connectivity index (χ3v) is 6.19. The first-order valence-corrected chi connectivity index (χ1v) is 11.8. The fourth-order valence-electron chi connectivity index (χ4n) is 4.44. The van der Waals surface area contributed by atoms with Gasteiger partial charge in [-0.05, 0) is 31.5 Å². The van der Waals surface area contributed by atoms with E-state index in [9.17, 15) is 36.6 Å². The van der Waals surface area contributed by atoms with Gasteiger partial charge in [-0.15, -0.1) is 0 Å². The van der Waals surface area contributed by atoms with Crippen LogP contribution in [0, 0.1) is 0 Å². The van der Waals surface area contributed by atoms with Crippen LogP contribution < -0.4 is 5.32 Å². The van der Waals surface area contributed by atoms with Crippen molar-refractivity contribution in [2.45, 2.75) is 43.8 Å². The number of carbonyl (C=O) groups excluding carboxylic acids is 1. The molecule has 1 saturated heterocycles. The van der Waals surface area contributed by atoms with Gasteiger partial charge in [-0.3, -0.25) is 24.2 Å². The molecule has 204 valence electrons. The average molecular weight is 540 g/mol. The smallest absolute Gasteiger partial charge is 0.418 e. The minimum Gasteiger partial charge on any atom is -0.481 e. The number of piperidine rings is 1. The minimum absolute atomic E-state index is 0.00549. The molecule has 1 aliphatic heterocycles. The van der Waals surface area contributed by atoms with Crippen LogP contribution in [0.1, 0.15) is 41.7 Å². The quantitative estimate of drug-likeness (QED) is 0.354. The van der Waals surface area contributed by atoms with Gasteiger partial charge in [0.05, 0.1) is 36.0 Å². The number of halogens is 5. The molecule has 1 aromatic carbocycles. The fraction of sp³-hybridized carbons (Fsp3) is 0.417. The van der Waals surface area contributed by atoms with E-state index in [1.807, 2.05) is 0 Å². The second kappa shape index (κ2) is 10.9. The van der Waals surface area contributed by atoms with Crippen LogP contribution in [-0.2, 0) is 11.0 Å². The largest absolute Gasteiger partial charge is 0.481 e. The van der Waals surface area contributed by atoms with Crippen molar-refractivity contribution in [3.8, 4) is 17.1 Å². The molecule has 3 heterocycles. The Hall–Kier alpha value is -3.81. The fourth-order valence-corrected chi connectivity index (χ4v) is 4.44. The Morgan fingerprint density at radius 1 is 1.24 bits per heavy atom. The molecule has 1 fully saturated rings. The van der Waals surface area contributed by atoms with Crippen LogP contribution in [0.25, 0.3) is 17.1 Å². The lowest BCUT2D eigenvalue weighted by atomic mass is 10.1. The number of H-pyrrole nitrogens is 1. The van der Waals surface area contributed by atoms with E-state index in [4.69, 9.17) is 0 Å². The zero-order valence-electron chi connectivity index (χ0n) is 20.0. The van der Waals surface area contributed by atoms with E-state index in [0.29, 0.717) is 18.5 Å². The number of aromatic amines is 1. The minimum atomic E-state index is -4.69. The molecule has 38 heavy (non-hydrogen) atoms. The maximum atomic E-state index is 13.7. The van der Waals surface area contributed by atoms with Gasteiger partial charge in [0.2, 0.25) is 0 Å². The number of imidazole rings is 1. The van der Waals surface area contributed by atoms with Gasteiger partial charge in [-0.1, -0.05) is 12.1 Å². The number of rotatable bonds is 9. The predicted octanol–water partition coefficient (Wildman–Crippen LogP) is 3.98. The Morgan fingerprint density at radius 2 is 2.00 bits per heavy atom. The van der Waals surface area contributed by atoms with Crippen LogP contribution in [0.3, 0.4) is 0 Å². The van der Waals surface area contributed by atoms with E-state index in [1.165, 1.54) is 35.5 Å². The first-order chi connectivity index (χ1) is 17.9. The SMILES string of the molecule is O=C(O)C[C@H](CCN1CCCC(F)(F)C1)NC(=O)c1cn(-c2ccccc2C(F)(F)F)c(-c2cn[nH]c2)n1. The van der Waals surface area contributed by atoms with Gasteiger partial charge >= 0.3 is 12.1 Å². The van der Waals surface area contributed by atoms with Crippen molar-refractivity contribution in [2.24, 2.45) is 0 Å². The first-order valence-electron chi connectivity index (χ1n) is 11.8. The number of benzene rings is 1. The Kier molecular flexibility index (Phi) is 7.81. The number of hydrogen-bond donors (Lipinski definition) is 3. The van der Waals surface area contributed by atoms with Crippen molar-refractivity contribution in [3.63, 3.8) is 0 Å². The third-order valence-electron chi connectivity index (χ3n) is 6.19. The number of aliphatic carboxylic acids is 1. The highest BCUT2D eigenvalue weighted by atomic mass is 19.4. The second-order valence-electron chi connectivity index (χ2n) is 9.11. The van der Waals surface area contributed by atoms with Crippen LogP contribution in [0.5, 0.6) is 0 Å². The summed E-state index contributed by atoms with van der Waals surface area (Å²) in [7, 11) is 0. The highest BCUT2D eigenvalue weighted by Crippen LogP contribution is 2.35. The van der Waals surface area contributed by atoms with E-state index in [2.05, 4.69) is 20.5 Å². The molecule has 9 nitrogen and oxygen atoms in total. The molecular weight excluding hydrogens is 515 g/mol. The van der Waals surface area contributed by atoms with Crippen molar-refractivity contribution in [1.29, 1.82) is 0 Å². The zero-order valence-corrected chi connectivity index (χ0v) is 20.0. The van der Waals surface area contributed by atoms with Crippen LogP contribution in [0.2, 0.25) is 0 Å². The normalized spacial score (nSPS) is 16.8. The molecule has 0 bridgehead atoms. The number of alkyl halides is 5. The zero-order chi connectivity index (χ0) is 27.5. The molecule has 3 aromatic rings. The summed E-state index contributed by atoms with van der Waals surface area (Å²) in [5.41, 5.74) is -1.15. The molecule has 1 aliphatic rings. The highest BCUT2D eigenvalue weighted by Gasteiger charge is 2.36. The number of amides is 1. The monoisotopic (exact) mass is 540 g/mol. The van der Waals surface area contributed by atoms with Gasteiger partial charge < -0.3 is 10.4 Å². The number of hydrogen-bond acceptors (Lipinski definition) is 5. The summed E-state index contributed by atoms with van der Waals surface area (Å²) in [6.45, 7) is 0.125. The first kappa shape index (κ1) is 27.2. The summed E-state index contributed by atoms with van der Waals surface area (Å²) in [5.74, 6) is -4.84. The Balaban J connectivity index is 1.59. The van der Waals surface area contributed by atoms with Crippen LogP contribution in [0.15, 0.2) is 42.9 Å². The second-order valence-corrected chi connectivity index (χ2v) is 9.11. The summed E-state index contributed by atoms with van der Waals surface area (Å²) in [4.78, 5) is 30.2. The molecule has 0 saturated carbocycles. The summed E-state index contributed by atoms with van der Waals surface area (Å²) in [6, 6.07) is 3.87. The van der Waals surface area contributed by atoms with E-state index in [0.717, 1.165) is 16.8 Å². The van der Waals surface area contributed by atoms with E-state index >= 15 is 0 Å². The number of para-hydroxylation sites is 1. The van der Waals surface area contributed by atoms with E-state index in [-0.39, 0.29) is 36.6 Å². The van der Waals surface area contributed by atoms with Crippen LogP contribution >= 0.6 is 0 Å². The highest BCUT2D eigenvalue weighted by molar-refractivity contribution is 5.93. The molecule has 4 rings (SSSR count). The molecule has 1 atom stereocenters. The number of carboxylic acids is 1. The number of likely N-dealkylation sites (tertiary alicyclic amines) is 1. The van der Waals surface area contributed by atoms with Crippen LogP contribution in [0.4, 0.5) is 22.0 Å². The maximum Gasteiger partial charge on any atom is 0.418 e. The average Bonchev–Trinajstić information content (AvgIpc) is 3.51. The van der Waals surface area contributed by atoms with Gasteiger partial charge in [0.15, 0.2) is 0 Å². The summed E-state index contributed by atoms with van der Waals surface area (Å²) >= 11 is 0. The molecule has 0 radical (unpaired) electrons. The number of aromatic nitrogens is 4. The van der Waals surface area contributed by atoms with Gasteiger partial charge in [-0.25, -0.2) is 13.8 Å². The number of carbonyl (C=O) groups is 2. The summed E-state index contributed by atoms with van der Waals surface area (Å²) < 4.78 is 69.7. The van der Waals surface area contributed by atoms with Gasteiger partial charge in [0.25, 0.3) is 11.8 Å². The molecular formula is C24H25F5N6O3. The summed E-state index contributed by atoms with van der Waals surface area (Å²) in [6.07, 6.45) is -1.12. The lowest BCUT2D eigenvalue weighted by Crippen LogP contribution is -2.45. The standard InChI is InChI=1S/C24H25F5N6O3/c25-23(26)7-3-8-34(14-23)9-6-16(10-20(36)37)32-22(38)18-13-35(21(33-18)15-11-30-31-12-15)19-5-2-1-4-17(19)24(27,28)29/h1-2,4-5,11-13,16H,3,6-10,14H2,(H,30,31)(H,32,38)(H,36,37)/t16-/m0/s1. The van der Waals surface area contributed by atoms with Crippen molar-refractivity contribution in [1.82, 2.24) is 30.0 Å². The van der Waals surface area contributed by atoms with E-state index < -0.39 is 48.5 Å². The lowest BCUT2D eigenvalue weighted by Gasteiger charge is -2.33. The molecule has 3 N–H and O–H groups in total. The Morgan fingerprint density at radius 3 is 2.66 bits per heavy atom. The molecule has 0 spiro atoms. The van der Waals surface area contributed by atoms with E-state index in [1.54, 1.807) is 0 Å². The molecule has 14 heteroatoms. The summed E-state index contributed by atoms with van der Waals surface area (Å²) in [5, 5.41) is 18.2. The lowest BCUT2D eigenvalue weighted by molar-refractivity contribution is -0.138. The van der Waals surface area contributed by atoms with Gasteiger partial charge in [0.1, 0.15) is 11.5 Å². The molecule has 1 amide bonds. The van der Waals surface area contributed by atoms with Crippen molar-refractivity contribution < 1.29 is 36.6 Å². The van der Waals surface area contributed by atoms with Gasteiger partial charge in [0, 0.05) is 31.4 Å². The van der Waals surface area contributed by atoms with Crippen molar-refractivity contribution >= 4 is 11.9 Å². The Labute approximate surface area is 213 Å². The Bertz CT molecular complexity index is 1270. The predicted molar refractivity (Wildman–Crippen MR) is 125 cm³/mol. The number of nitrogens with one attached hydrogen (secondary N) is 2. The van der Waals surface area contributed by atoms with Crippen LogP contribution in [-0.4, -0.2) is 73.2 Å². The van der Waals surface area contributed by atoms with Crippen molar-refractivity contribution in [3.05, 3.63) is 54.1 Å².